The van der Waals surface area contributed by atoms with Crippen LogP contribution >= 0.6 is 0 Å². The van der Waals surface area contributed by atoms with Crippen LogP contribution in [0.1, 0.15) is 44.9 Å². The fourth-order valence-electron chi connectivity index (χ4n) is 3.24. The van der Waals surface area contributed by atoms with E-state index in [9.17, 15) is 4.79 Å². The van der Waals surface area contributed by atoms with E-state index in [1.165, 1.54) is 25.7 Å². The number of amides is 1. The van der Waals surface area contributed by atoms with Crippen molar-refractivity contribution in [3.05, 3.63) is 0 Å². The first-order chi connectivity index (χ1) is 9.83. The van der Waals surface area contributed by atoms with Crippen molar-refractivity contribution in [1.29, 1.82) is 0 Å². The number of carbonyl (C=O) groups is 1. The van der Waals surface area contributed by atoms with E-state index in [1.807, 2.05) is 0 Å². The number of nitrogens with zero attached hydrogens (tertiary/aromatic N) is 1. The van der Waals surface area contributed by atoms with Crippen molar-refractivity contribution in [1.82, 2.24) is 10.2 Å². The van der Waals surface area contributed by atoms with Crippen LogP contribution in [0.4, 0.5) is 0 Å². The first kappa shape index (κ1) is 14.3. The third-order valence-corrected chi connectivity index (χ3v) is 4.82. The van der Waals surface area contributed by atoms with Crippen LogP contribution in [0.15, 0.2) is 0 Å². The van der Waals surface area contributed by atoms with Gasteiger partial charge in [0.1, 0.15) is 0 Å². The molecule has 0 spiro atoms. The quantitative estimate of drug-likeness (QED) is 0.689. The summed E-state index contributed by atoms with van der Waals surface area (Å²) in [5, 5.41) is 3.31. The van der Waals surface area contributed by atoms with Gasteiger partial charge in [0.15, 0.2) is 0 Å². The fraction of sp³-hybridized carbons (Fsp3) is 0.938. The molecular formula is C16H28N2O2. The van der Waals surface area contributed by atoms with Crippen LogP contribution < -0.4 is 5.32 Å². The highest BCUT2D eigenvalue weighted by Gasteiger charge is 2.41. The molecule has 3 rings (SSSR count). The van der Waals surface area contributed by atoms with Crippen LogP contribution in [-0.2, 0) is 9.53 Å². The molecule has 0 aromatic heterocycles. The van der Waals surface area contributed by atoms with Crippen LogP contribution in [0.25, 0.3) is 0 Å². The third kappa shape index (κ3) is 4.45. The summed E-state index contributed by atoms with van der Waals surface area (Å²) in [5.74, 6) is 1.90. The van der Waals surface area contributed by atoms with E-state index < -0.39 is 0 Å². The lowest BCUT2D eigenvalue weighted by Gasteiger charge is -2.26. The number of nitrogens with one attached hydrogen (secondary N) is 1. The molecule has 0 radical (unpaired) electrons. The molecule has 4 heteroatoms. The third-order valence-electron chi connectivity index (χ3n) is 4.82. The van der Waals surface area contributed by atoms with Crippen molar-refractivity contribution >= 4 is 5.91 Å². The molecule has 3 fully saturated rings. The maximum Gasteiger partial charge on any atom is 0.220 e. The first-order valence-corrected chi connectivity index (χ1v) is 8.42. The monoisotopic (exact) mass is 280 g/mol. The van der Waals surface area contributed by atoms with Crippen molar-refractivity contribution in [3.8, 4) is 0 Å². The van der Waals surface area contributed by atoms with Gasteiger partial charge in [-0.3, -0.25) is 9.69 Å². The number of morpholine rings is 1. The van der Waals surface area contributed by atoms with Crippen LogP contribution in [0.3, 0.4) is 0 Å². The summed E-state index contributed by atoms with van der Waals surface area (Å²) >= 11 is 0. The lowest BCUT2D eigenvalue weighted by atomic mass is 10.1. The van der Waals surface area contributed by atoms with Gasteiger partial charge < -0.3 is 10.1 Å². The molecule has 2 saturated carbocycles. The topological polar surface area (TPSA) is 41.6 Å². The molecule has 0 bridgehead atoms. The zero-order valence-electron chi connectivity index (χ0n) is 12.5. The van der Waals surface area contributed by atoms with E-state index in [1.54, 1.807) is 0 Å². The fourth-order valence-corrected chi connectivity index (χ4v) is 3.24. The summed E-state index contributed by atoms with van der Waals surface area (Å²) in [7, 11) is 0. The number of rotatable bonds is 8. The second-order valence-corrected chi connectivity index (χ2v) is 6.68. The Hall–Kier alpha value is -0.610. The largest absolute Gasteiger partial charge is 0.379 e. The van der Waals surface area contributed by atoms with Crippen molar-refractivity contribution in [2.75, 3.05) is 32.8 Å². The van der Waals surface area contributed by atoms with Gasteiger partial charge in [0, 0.05) is 25.6 Å². The predicted molar refractivity (Wildman–Crippen MR) is 78.5 cm³/mol. The second-order valence-electron chi connectivity index (χ2n) is 6.68. The number of hydrogen-bond acceptors (Lipinski definition) is 3. The van der Waals surface area contributed by atoms with Gasteiger partial charge in [-0.15, -0.1) is 0 Å². The smallest absolute Gasteiger partial charge is 0.220 e. The van der Waals surface area contributed by atoms with Crippen LogP contribution in [0.5, 0.6) is 0 Å². The molecule has 0 aromatic carbocycles. The van der Waals surface area contributed by atoms with E-state index in [2.05, 4.69) is 10.2 Å². The van der Waals surface area contributed by atoms with Crippen molar-refractivity contribution < 1.29 is 9.53 Å². The van der Waals surface area contributed by atoms with Crippen LogP contribution in [0, 0.1) is 11.8 Å². The van der Waals surface area contributed by atoms with E-state index >= 15 is 0 Å². The zero-order chi connectivity index (χ0) is 13.8. The van der Waals surface area contributed by atoms with Gasteiger partial charge in [0.05, 0.1) is 13.2 Å². The first-order valence-electron chi connectivity index (χ1n) is 8.42. The van der Waals surface area contributed by atoms with Crippen LogP contribution in [0.2, 0.25) is 0 Å². The zero-order valence-corrected chi connectivity index (χ0v) is 12.5. The molecule has 4 nitrogen and oxygen atoms in total. The Kier molecular flexibility index (Phi) is 4.94. The Morgan fingerprint density at radius 3 is 2.35 bits per heavy atom. The Balaban J connectivity index is 1.26. The maximum absolute atomic E-state index is 12.0. The van der Waals surface area contributed by atoms with Gasteiger partial charge >= 0.3 is 0 Å². The molecule has 0 atom stereocenters. The van der Waals surface area contributed by atoms with Crippen molar-refractivity contribution in [3.63, 3.8) is 0 Å². The molecule has 0 unspecified atom stereocenters. The molecule has 3 aliphatic rings. The number of unbranched alkanes of at least 4 members (excludes halogenated alkanes) is 1. The Bertz CT molecular complexity index is 308. The van der Waals surface area contributed by atoms with Gasteiger partial charge in [-0.25, -0.2) is 0 Å². The van der Waals surface area contributed by atoms with Crippen LogP contribution in [-0.4, -0.2) is 49.7 Å². The number of hydrogen-bond donors (Lipinski definition) is 1. The lowest BCUT2D eigenvalue weighted by Crippen LogP contribution is -2.38. The van der Waals surface area contributed by atoms with E-state index in [-0.39, 0.29) is 5.91 Å². The molecule has 1 aliphatic heterocycles. The average molecular weight is 280 g/mol. The van der Waals surface area contributed by atoms with Crippen molar-refractivity contribution in [2.24, 2.45) is 11.8 Å². The van der Waals surface area contributed by atoms with E-state index in [0.29, 0.717) is 12.5 Å². The molecule has 1 heterocycles. The summed E-state index contributed by atoms with van der Waals surface area (Å²) in [4.78, 5) is 14.5. The lowest BCUT2D eigenvalue weighted by molar-refractivity contribution is -0.122. The highest BCUT2D eigenvalue weighted by Crippen LogP contribution is 2.44. The highest BCUT2D eigenvalue weighted by molar-refractivity contribution is 5.76. The molecule has 1 N–H and O–H groups in total. The number of carbonyl (C=O) groups excluding carboxylic acids is 1. The van der Waals surface area contributed by atoms with Gasteiger partial charge in [-0.05, 0) is 56.9 Å². The molecule has 20 heavy (non-hydrogen) atoms. The van der Waals surface area contributed by atoms with Gasteiger partial charge in [0.2, 0.25) is 5.91 Å². The SMILES string of the molecule is O=C(CCCCN1CCOCC1)NC(C1CC1)C1CC1. The van der Waals surface area contributed by atoms with Gasteiger partial charge in [-0.2, -0.15) is 0 Å². The molecule has 114 valence electrons. The molecule has 2 aliphatic carbocycles. The minimum atomic E-state index is 0.288. The van der Waals surface area contributed by atoms with E-state index in [4.69, 9.17) is 4.74 Å². The molecule has 1 saturated heterocycles. The average Bonchev–Trinajstić information content (AvgIpc) is 3.35. The van der Waals surface area contributed by atoms with Gasteiger partial charge in [-0.1, -0.05) is 0 Å². The summed E-state index contributed by atoms with van der Waals surface area (Å²) in [5.41, 5.74) is 0. The summed E-state index contributed by atoms with van der Waals surface area (Å²) in [6.45, 7) is 4.95. The minimum Gasteiger partial charge on any atom is -0.379 e. The Morgan fingerprint density at radius 2 is 1.75 bits per heavy atom. The maximum atomic E-state index is 12.0. The Morgan fingerprint density at radius 1 is 1.10 bits per heavy atom. The highest BCUT2D eigenvalue weighted by atomic mass is 16.5. The standard InChI is InChI=1S/C16H28N2O2/c19-15(17-16(13-4-5-13)14-6-7-14)3-1-2-8-18-9-11-20-12-10-18/h13-14,16H,1-12H2,(H,17,19). The summed E-state index contributed by atoms with van der Waals surface area (Å²) < 4.78 is 5.34. The predicted octanol–water partition coefficient (Wildman–Crippen LogP) is 1.79. The number of ether oxygens (including phenoxy) is 1. The molecular weight excluding hydrogens is 252 g/mol. The summed E-state index contributed by atoms with van der Waals surface area (Å²) in [6, 6.07) is 0.516. The molecule has 0 aromatic rings. The second kappa shape index (κ2) is 6.90. The minimum absolute atomic E-state index is 0.288. The van der Waals surface area contributed by atoms with E-state index in [0.717, 1.165) is 57.5 Å². The molecule has 1 amide bonds. The Labute approximate surface area is 122 Å². The summed E-state index contributed by atoms with van der Waals surface area (Å²) in [6.07, 6.45) is 8.18. The normalized spacial score (nSPS) is 24.1. The van der Waals surface area contributed by atoms with Crippen molar-refractivity contribution in [2.45, 2.75) is 51.0 Å². The van der Waals surface area contributed by atoms with Gasteiger partial charge in [0.25, 0.3) is 0 Å².